The van der Waals surface area contributed by atoms with E-state index in [0.717, 1.165) is 43.0 Å². The maximum Gasteiger partial charge on any atom is 0.304 e. The highest BCUT2D eigenvalue weighted by molar-refractivity contribution is 14.1. The highest BCUT2D eigenvalue weighted by atomic mass is 127. The first-order chi connectivity index (χ1) is 11.5. The van der Waals surface area contributed by atoms with Gasteiger partial charge in [0.2, 0.25) is 0 Å². The Balaban J connectivity index is 2.05. The van der Waals surface area contributed by atoms with Gasteiger partial charge in [-0.3, -0.25) is 4.79 Å². The minimum absolute atomic E-state index is 0.0778. The van der Waals surface area contributed by atoms with E-state index < -0.39 is 5.97 Å². The summed E-state index contributed by atoms with van der Waals surface area (Å²) in [7, 11) is 0. The van der Waals surface area contributed by atoms with Crippen LogP contribution in [0.2, 0.25) is 0 Å². The lowest BCUT2D eigenvalue weighted by Crippen LogP contribution is -2.18. The van der Waals surface area contributed by atoms with E-state index in [1.807, 2.05) is 0 Å². The Bertz CT molecular complexity index is 752. The number of halogens is 1. The van der Waals surface area contributed by atoms with Gasteiger partial charge in [-0.2, -0.15) is 0 Å². The number of rotatable bonds is 5. The van der Waals surface area contributed by atoms with Crippen LogP contribution in [0.5, 0.6) is 0 Å². The predicted molar refractivity (Wildman–Crippen MR) is 103 cm³/mol. The van der Waals surface area contributed by atoms with Gasteiger partial charge in [0, 0.05) is 27.6 Å². The zero-order chi connectivity index (χ0) is 17.3. The monoisotopic (exact) mass is 438 g/mol. The molecule has 1 heterocycles. The minimum atomic E-state index is -0.721. The summed E-state index contributed by atoms with van der Waals surface area (Å²) in [6.07, 6.45) is 3.13. The molecule has 4 nitrogen and oxygen atoms in total. The second kappa shape index (κ2) is 7.25. The molecule has 1 aromatic carbocycles. The number of imidazole rings is 1. The van der Waals surface area contributed by atoms with E-state index in [-0.39, 0.29) is 12.3 Å². The molecule has 1 aliphatic carbocycles. The number of carbonyl (C=O) groups is 1. The van der Waals surface area contributed by atoms with Crippen molar-refractivity contribution in [3.05, 3.63) is 50.6 Å². The van der Waals surface area contributed by atoms with Crippen LogP contribution in [0.1, 0.15) is 67.7 Å². The molecule has 0 fully saturated rings. The van der Waals surface area contributed by atoms with Crippen LogP contribution < -0.4 is 0 Å². The van der Waals surface area contributed by atoms with Crippen molar-refractivity contribution >= 4 is 28.6 Å². The van der Waals surface area contributed by atoms with Crippen LogP contribution in [0.4, 0.5) is 0 Å². The van der Waals surface area contributed by atoms with Crippen LogP contribution in [0.3, 0.4) is 0 Å². The lowest BCUT2D eigenvalue weighted by molar-refractivity contribution is -0.137. The molecule has 1 unspecified atom stereocenters. The van der Waals surface area contributed by atoms with Crippen molar-refractivity contribution in [1.82, 2.24) is 9.55 Å². The van der Waals surface area contributed by atoms with Crippen LogP contribution in [-0.2, 0) is 17.8 Å². The number of nitrogens with zero attached hydrogens (tertiary/aromatic N) is 2. The standard InChI is InChI=1S/C19H23IN2O2/c1-12(2)19-21-16-8-4-6-14(10-17(23)24)18(16)22(19)11-13-5-3-7-15(20)9-13/h3,5,7,9,12,14H,4,6,8,10-11H2,1-2H3,(H,23,24). The molecule has 1 aliphatic rings. The van der Waals surface area contributed by atoms with Crippen molar-refractivity contribution < 1.29 is 9.90 Å². The number of benzene rings is 1. The molecule has 1 aromatic heterocycles. The third-order valence-corrected chi connectivity index (χ3v) is 5.30. The molecular formula is C19H23IN2O2. The van der Waals surface area contributed by atoms with Gasteiger partial charge in [-0.1, -0.05) is 26.0 Å². The van der Waals surface area contributed by atoms with Crippen LogP contribution in [0, 0.1) is 3.57 Å². The number of hydrogen-bond acceptors (Lipinski definition) is 2. The van der Waals surface area contributed by atoms with Gasteiger partial charge in [0.05, 0.1) is 12.1 Å². The molecule has 0 amide bonds. The number of aryl methyl sites for hydroxylation is 1. The number of aliphatic carboxylic acids is 1. The van der Waals surface area contributed by atoms with E-state index in [4.69, 9.17) is 4.98 Å². The van der Waals surface area contributed by atoms with Crippen molar-refractivity contribution in [1.29, 1.82) is 0 Å². The van der Waals surface area contributed by atoms with Crippen molar-refractivity contribution in [3.8, 4) is 0 Å². The fourth-order valence-corrected chi connectivity index (χ4v) is 4.27. The molecule has 5 heteroatoms. The zero-order valence-corrected chi connectivity index (χ0v) is 16.3. The second-order valence-corrected chi connectivity index (χ2v) is 8.11. The zero-order valence-electron chi connectivity index (χ0n) is 14.1. The van der Waals surface area contributed by atoms with Gasteiger partial charge < -0.3 is 9.67 Å². The maximum atomic E-state index is 11.3. The van der Waals surface area contributed by atoms with Crippen molar-refractivity contribution in [2.75, 3.05) is 0 Å². The first-order valence-corrected chi connectivity index (χ1v) is 9.59. The van der Waals surface area contributed by atoms with E-state index in [1.165, 1.54) is 9.13 Å². The molecule has 0 aliphatic heterocycles. The Morgan fingerprint density at radius 2 is 2.25 bits per heavy atom. The first kappa shape index (κ1) is 17.5. The van der Waals surface area contributed by atoms with Gasteiger partial charge in [-0.05, 0) is 59.5 Å². The number of aromatic nitrogens is 2. The number of carboxylic acids is 1. The van der Waals surface area contributed by atoms with Crippen molar-refractivity contribution in [2.24, 2.45) is 0 Å². The molecule has 1 atom stereocenters. The summed E-state index contributed by atoms with van der Waals surface area (Å²) in [4.78, 5) is 16.2. The summed E-state index contributed by atoms with van der Waals surface area (Å²) >= 11 is 2.33. The molecule has 1 N–H and O–H groups in total. The first-order valence-electron chi connectivity index (χ1n) is 8.51. The molecule has 0 bridgehead atoms. The van der Waals surface area contributed by atoms with E-state index >= 15 is 0 Å². The molecule has 128 valence electrons. The van der Waals surface area contributed by atoms with Gasteiger partial charge in [0.15, 0.2) is 0 Å². The van der Waals surface area contributed by atoms with E-state index in [2.05, 4.69) is 65.3 Å². The molecule has 2 aromatic rings. The summed E-state index contributed by atoms with van der Waals surface area (Å²) in [5.41, 5.74) is 3.51. The largest absolute Gasteiger partial charge is 0.481 e. The highest BCUT2D eigenvalue weighted by Gasteiger charge is 2.30. The summed E-state index contributed by atoms with van der Waals surface area (Å²) in [6.45, 7) is 5.08. The molecule has 0 saturated carbocycles. The summed E-state index contributed by atoms with van der Waals surface area (Å²) in [6, 6.07) is 8.48. The average Bonchev–Trinajstić information content (AvgIpc) is 2.87. The Labute approximate surface area is 156 Å². The number of hydrogen-bond donors (Lipinski definition) is 1. The Morgan fingerprint density at radius 1 is 1.46 bits per heavy atom. The Morgan fingerprint density at radius 3 is 2.92 bits per heavy atom. The van der Waals surface area contributed by atoms with E-state index in [0.29, 0.717) is 5.92 Å². The molecule has 0 radical (unpaired) electrons. The van der Waals surface area contributed by atoms with Gasteiger partial charge in [-0.15, -0.1) is 0 Å². The van der Waals surface area contributed by atoms with Crippen molar-refractivity contribution in [2.45, 2.75) is 57.9 Å². The lowest BCUT2D eigenvalue weighted by Gasteiger charge is -2.24. The quantitative estimate of drug-likeness (QED) is 0.697. The number of fused-ring (bicyclic) bond motifs is 1. The second-order valence-electron chi connectivity index (χ2n) is 6.86. The van der Waals surface area contributed by atoms with Crippen LogP contribution in [0.15, 0.2) is 24.3 Å². The molecule has 0 saturated heterocycles. The average molecular weight is 438 g/mol. The van der Waals surface area contributed by atoms with Gasteiger partial charge in [0.1, 0.15) is 5.82 Å². The maximum absolute atomic E-state index is 11.3. The molecular weight excluding hydrogens is 415 g/mol. The number of carboxylic acid groups (broad SMARTS) is 1. The predicted octanol–water partition coefficient (Wildman–Crippen LogP) is 4.55. The van der Waals surface area contributed by atoms with Gasteiger partial charge in [-0.25, -0.2) is 4.98 Å². The van der Waals surface area contributed by atoms with Crippen molar-refractivity contribution in [3.63, 3.8) is 0 Å². The molecule has 24 heavy (non-hydrogen) atoms. The Kier molecular flexibility index (Phi) is 5.27. The Hall–Kier alpha value is -1.37. The third-order valence-electron chi connectivity index (χ3n) is 4.63. The topological polar surface area (TPSA) is 55.1 Å². The van der Waals surface area contributed by atoms with E-state index in [9.17, 15) is 9.90 Å². The fraction of sp³-hybridized carbons (Fsp3) is 0.474. The fourth-order valence-electron chi connectivity index (χ4n) is 3.66. The van der Waals surface area contributed by atoms with Crippen LogP contribution >= 0.6 is 22.6 Å². The smallest absolute Gasteiger partial charge is 0.304 e. The molecule has 3 rings (SSSR count). The molecule has 0 spiro atoms. The van der Waals surface area contributed by atoms with Gasteiger partial charge >= 0.3 is 5.97 Å². The normalized spacial score (nSPS) is 17.1. The summed E-state index contributed by atoms with van der Waals surface area (Å²) < 4.78 is 3.50. The summed E-state index contributed by atoms with van der Waals surface area (Å²) in [5.74, 6) is 0.759. The van der Waals surface area contributed by atoms with Crippen LogP contribution in [-0.4, -0.2) is 20.6 Å². The van der Waals surface area contributed by atoms with Gasteiger partial charge in [0.25, 0.3) is 0 Å². The third kappa shape index (κ3) is 3.66. The van der Waals surface area contributed by atoms with E-state index in [1.54, 1.807) is 0 Å². The SMILES string of the molecule is CC(C)c1nc2c(n1Cc1cccc(I)c1)C(CC(=O)O)CCC2. The highest BCUT2D eigenvalue weighted by Crippen LogP contribution is 2.36. The summed E-state index contributed by atoms with van der Waals surface area (Å²) in [5, 5.41) is 9.29. The minimum Gasteiger partial charge on any atom is -0.481 e. The van der Waals surface area contributed by atoms with Crippen LogP contribution in [0.25, 0.3) is 0 Å². The lowest BCUT2D eigenvalue weighted by atomic mass is 9.87.